The Bertz CT molecular complexity index is 1070. The lowest BCUT2D eigenvalue weighted by molar-refractivity contribution is 0.0990. The van der Waals surface area contributed by atoms with E-state index in [1.54, 1.807) is 30.0 Å². The molecule has 1 aromatic carbocycles. The fraction of sp³-hybridized carbons (Fsp3) is 0.294. The summed E-state index contributed by atoms with van der Waals surface area (Å²) in [4.78, 5) is 34.7. The van der Waals surface area contributed by atoms with E-state index in [9.17, 15) is 9.59 Å². The molecule has 1 amide bonds. The van der Waals surface area contributed by atoms with Crippen LogP contribution in [0.2, 0.25) is 0 Å². The van der Waals surface area contributed by atoms with E-state index in [1.807, 2.05) is 0 Å². The summed E-state index contributed by atoms with van der Waals surface area (Å²) >= 11 is 0. The first-order valence-electron chi connectivity index (χ1n) is 8.37. The van der Waals surface area contributed by atoms with Gasteiger partial charge in [0, 0.05) is 12.8 Å². The molecule has 1 aliphatic rings. The van der Waals surface area contributed by atoms with E-state index in [2.05, 4.69) is 15.1 Å². The molecule has 0 unspecified atom stereocenters. The number of methoxy groups -OCH3 is 1. The maximum absolute atomic E-state index is 13.0. The van der Waals surface area contributed by atoms with Crippen molar-refractivity contribution in [3.05, 3.63) is 40.4 Å². The average molecular weight is 370 g/mol. The van der Waals surface area contributed by atoms with Gasteiger partial charge in [-0.1, -0.05) is 0 Å². The van der Waals surface area contributed by atoms with Crippen molar-refractivity contribution in [2.75, 3.05) is 37.5 Å². The van der Waals surface area contributed by atoms with Gasteiger partial charge in [-0.3, -0.25) is 19.4 Å². The number of benzene rings is 1. The normalized spacial score (nSPS) is 14.1. The molecule has 2 aromatic heterocycles. The number of carbonyl (C=O) groups is 1. The zero-order chi connectivity index (χ0) is 19.0. The van der Waals surface area contributed by atoms with Crippen LogP contribution in [0.4, 0.5) is 11.5 Å². The van der Waals surface area contributed by atoms with Gasteiger partial charge in [0.05, 0.1) is 30.6 Å². The number of nitrogen functional groups attached to an aromatic ring is 1. The highest BCUT2D eigenvalue weighted by Crippen LogP contribution is 2.28. The molecule has 0 fully saturated rings. The Hall–Kier alpha value is -3.40. The molecule has 0 spiro atoms. The second-order valence-corrected chi connectivity index (χ2v) is 6.03. The predicted molar refractivity (Wildman–Crippen MR) is 98.1 cm³/mol. The van der Waals surface area contributed by atoms with E-state index in [1.165, 1.54) is 11.2 Å². The summed E-state index contributed by atoms with van der Waals surface area (Å²) in [7, 11) is 1.60. The zero-order valence-corrected chi connectivity index (χ0v) is 14.6. The number of rotatable bonds is 4. The summed E-state index contributed by atoms with van der Waals surface area (Å²) in [6.07, 6.45) is 1.26. The highest BCUT2D eigenvalue weighted by molar-refractivity contribution is 6.11. The van der Waals surface area contributed by atoms with Crippen molar-refractivity contribution >= 4 is 28.3 Å². The van der Waals surface area contributed by atoms with Crippen LogP contribution in [0.1, 0.15) is 10.4 Å². The number of nitrogens with one attached hydrogen (secondary N) is 1. The molecule has 3 heterocycles. The summed E-state index contributed by atoms with van der Waals surface area (Å²) in [5.74, 6) is -0.142. The van der Waals surface area contributed by atoms with Crippen molar-refractivity contribution in [2.45, 2.75) is 6.54 Å². The molecule has 3 N–H and O–H groups in total. The van der Waals surface area contributed by atoms with Gasteiger partial charge in [-0.15, -0.1) is 0 Å². The molecule has 0 saturated heterocycles. The van der Waals surface area contributed by atoms with Gasteiger partial charge in [-0.2, -0.15) is 0 Å². The Kier molecular flexibility index (Phi) is 4.24. The number of hydrogen-bond acceptors (Lipinski definition) is 7. The smallest absolute Gasteiger partial charge is 0.272 e. The van der Waals surface area contributed by atoms with Crippen molar-refractivity contribution in [3.8, 4) is 5.88 Å². The van der Waals surface area contributed by atoms with Crippen LogP contribution in [-0.2, 0) is 11.3 Å². The van der Waals surface area contributed by atoms with Crippen LogP contribution in [0.3, 0.4) is 0 Å². The minimum Gasteiger partial charge on any atom is -0.475 e. The standard InChI is InChI=1S/C17H18N6O4/c1-26-6-5-23-12-3-2-10(8-11(12)15(24)21-23)22-4-7-27-16-13(17(22)25)14(18)19-9-20-16/h2-3,8-9H,4-7H2,1H3,(H,21,24)(H2,18,19,20). The summed E-state index contributed by atoms with van der Waals surface area (Å²) in [5.41, 5.74) is 7.06. The molecule has 10 heteroatoms. The summed E-state index contributed by atoms with van der Waals surface area (Å²) < 4.78 is 12.3. The first-order valence-corrected chi connectivity index (χ1v) is 8.37. The summed E-state index contributed by atoms with van der Waals surface area (Å²) in [6.45, 7) is 1.53. The van der Waals surface area contributed by atoms with E-state index in [4.69, 9.17) is 15.2 Å². The molecule has 3 aromatic rings. The molecule has 0 atom stereocenters. The fourth-order valence-corrected chi connectivity index (χ4v) is 3.12. The number of nitrogens with zero attached hydrogens (tertiary/aromatic N) is 4. The van der Waals surface area contributed by atoms with Gasteiger partial charge in [-0.25, -0.2) is 9.97 Å². The van der Waals surface area contributed by atoms with Gasteiger partial charge in [0.2, 0.25) is 5.88 Å². The molecule has 4 rings (SSSR count). The molecule has 1 aliphatic heterocycles. The maximum Gasteiger partial charge on any atom is 0.272 e. The van der Waals surface area contributed by atoms with Crippen LogP contribution in [0.15, 0.2) is 29.3 Å². The molecule has 140 valence electrons. The van der Waals surface area contributed by atoms with E-state index >= 15 is 0 Å². The lowest BCUT2D eigenvalue weighted by Gasteiger charge is -2.20. The first-order chi connectivity index (χ1) is 13.1. The molecular weight excluding hydrogens is 352 g/mol. The Labute approximate surface area is 153 Å². The van der Waals surface area contributed by atoms with E-state index < -0.39 is 0 Å². The van der Waals surface area contributed by atoms with Gasteiger partial charge in [0.15, 0.2) is 0 Å². The molecule has 0 saturated carbocycles. The third kappa shape index (κ3) is 2.89. The summed E-state index contributed by atoms with van der Waals surface area (Å²) in [5, 5.41) is 3.26. The van der Waals surface area contributed by atoms with E-state index in [-0.39, 0.29) is 35.3 Å². The van der Waals surface area contributed by atoms with Crippen molar-refractivity contribution in [3.63, 3.8) is 0 Å². The second-order valence-electron chi connectivity index (χ2n) is 6.03. The Morgan fingerprint density at radius 1 is 1.33 bits per heavy atom. The average Bonchev–Trinajstić information content (AvgIpc) is 2.87. The first kappa shape index (κ1) is 17.0. The fourth-order valence-electron chi connectivity index (χ4n) is 3.12. The van der Waals surface area contributed by atoms with Crippen LogP contribution in [0.25, 0.3) is 10.9 Å². The number of amides is 1. The van der Waals surface area contributed by atoms with Gasteiger partial charge >= 0.3 is 0 Å². The number of ether oxygens (including phenoxy) is 2. The summed E-state index contributed by atoms with van der Waals surface area (Å²) in [6, 6.07) is 5.26. The zero-order valence-electron chi connectivity index (χ0n) is 14.6. The highest BCUT2D eigenvalue weighted by Gasteiger charge is 2.29. The van der Waals surface area contributed by atoms with Crippen molar-refractivity contribution < 1.29 is 14.3 Å². The predicted octanol–water partition coefficient (Wildman–Crippen LogP) is 0.387. The number of nitrogens with two attached hydrogens (primary N) is 1. The molecule has 0 radical (unpaired) electrons. The van der Waals surface area contributed by atoms with Crippen LogP contribution in [-0.4, -0.2) is 52.5 Å². The Morgan fingerprint density at radius 2 is 2.19 bits per heavy atom. The van der Waals surface area contributed by atoms with Gasteiger partial charge in [-0.05, 0) is 18.2 Å². The van der Waals surface area contributed by atoms with Crippen molar-refractivity contribution in [1.82, 2.24) is 19.7 Å². The minimum atomic E-state index is -0.366. The molecule has 0 aliphatic carbocycles. The monoisotopic (exact) mass is 370 g/mol. The molecule has 0 bridgehead atoms. The van der Waals surface area contributed by atoms with Crippen LogP contribution in [0.5, 0.6) is 5.88 Å². The van der Waals surface area contributed by atoms with Gasteiger partial charge in [0.1, 0.15) is 24.3 Å². The van der Waals surface area contributed by atoms with E-state index in [0.29, 0.717) is 30.8 Å². The number of fused-ring (bicyclic) bond motifs is 2. The number of anilines is 2. The number of aromatic nitrogens is 4. The quantitative estimate of drug-likeness (QED) is 0.679. The largest absolute Gasteiger partial charge is 0.475 e. The third-order valence-corrected chi connectivity index (χ3v) is 4.44. The van der Waals surface area contributed by atoms with Crippen LogP contribution < -0.4 is 20.9 Å². The topological polar surface area (TPSA) is 128 Å². The Balaban J connectivity index is 1.76. The minimum absolute atomic E-state index is 0.0570. The van der Waals surface area contributed by atoms with Crippen molar-refractivity contribution in [2.24, 2.45) is 0 Å². The number of H-pyrrole nitrogens is 1. The van der Waals surface area contributed by atoms with Gasteiger partial charge in [0.25, 0.3) is 11.5 Å². The lowest BCUT2D eigenvalue weighted by Crippen LogP contribution is -2.32. The maximum atomic E-state index is 13.0. The van der Waals surface area contributed by atoms with Crippen LogP contribution in [0, 0.1) is 0 Å². The van der Waals surface area contributed by atoms with E-state index in [0.717, 1.165) is 5.52 Å². The highest BCUT2D eigenvalue weighted by atomic mass is 16.5. The second kappa shape index (κ2) is 6.72. The van der Waals surface area contributed by atoms with Crippen LogP contribution >= 0.6 is 0 Å². The Morgan fingerprint density at radius 3 is 3.00 bits per heavy atom. The lowest BCUT2D eigenvalue weighted by atomic mass is 10.2. The molecular formula is C17H18N6O4. The molecule has 10 nitrogen and oxygen atoms in total. The number of aromatic amines is 1. The number of hydrogen-bond donors (Lipinski definition) is 2. The molecule has 27 heavy (non-hydrogen) atoms. The number of carbonyl (C=O) groups excluding carboxylic acids is 1. The third-order valence-electron chi connectivity index (χ3n) is 4.44. The van der Waals surface area contributed by atoms with Gasteiger partial charge < -0.3 is 20.1 Å². The van der Waals surface area contributed by atoms with Crippen molar-refractivity contribution in [1.29, 1.82) is 0 Å². The SMILES string of the molecule is COCCn1[nH]c(=O)c2cc(N3CCOc4ncnc(N)c4C3=O)ccc21.